The second-order valence-corrected chi connectivity index (χ2v) is 28.7. The van der Waals surface area contributed by atoms with Gasteiger partial charge in [0.15, 0.2) is 0 Å². The summed E-state index contributed by atoms with van der Waals surface area (Å²) in [6.07, 6.45) is 16.4. The molecule has 0 bridgehead atoms. The van der Waals surface area contributed by atoms with Crippen molar-refractivity contribution in [2.24, 2.45) is 10.8 Å². The van der Waals surface area contributed by atoms with Gasteiger partial charge in [-0.3, -0.25) is 0 Å². The summed E-state index contributed by atoms with van der Waals surface area (Å²) < 4.78 is 139. The standard InChI is InChI=1S/C39H54B2O4.C31H34F6O6S2/c1-7-9-11-13-21-39(22-14-12-10-8-2)35-24-31(41-44-27-38(5,6)28-45-41)17-20-33(35)34-18-15-29-23-30(16-19-32(29)36(34)39)40-42-25-37(3,4)26-43-40;1-3-5-7-9-17-29(18-10-8-6-4-2)27-20-23(41-45(38,39)31(35,36)37)13-16-25(27)26-14-11-21-19-22(12-15-24(21)28(26)29)40-44-43-42-30(32,33)34/h15-20,23-24H,7-14,21-22,25-28H2,1-6H3;11-16,19-20H,3-10,17-18H2,1-2H3. The Bertz CT molecular complexity index is 3480. The third kappa shape index (κ3) is 16.0. The van der Waals surface area contributed by atoms with E-state index in [9.17, 15) is 34.8 Å². The third-order valence-corrected chi connectivity index (χ3v) is 19.7. The average molecular weight is 1290 g/mol. The molecule has 0 N–H and O–H groups in total. The lowest BCUT2D eigenvalue weighted by molar-refractivity contribution is -0.441. The molecule has 488 valence electrons. The molecule has 0 spiro atoms. The molecule has 2 aliphatic heterocycles. The molecule has 2 heterocycles. The van der Waals surface area contributed by atoms with E-state index in [2.05, 4.69) is 117 Å². The molecule has 4 aliphatic rings. The minimum atomic E-state index is -5.88. The molecule has 0 saturated carbocycles. The summed E-state index contributed by atoms with van der Waals surface area (Å²) in [5.74, 6) is -0.207. The Labute approximate surface area is 534 Å². The summed E-state index contributed by atoms with van der Waals surface area (Å²) in [4.78, 5) is 3.26. The minimum Gasteiger partial charge on any atom is -0.407 e. The number of hydrogen-bond donors (Lipinski definition) is 0. The van der Waals surface area contributed by atoms with E-state index in [4.69, 9.17) is 22.8 Å². The van der Waals surface area contributed by atoms with Gasteiger partial charge >= 0.3 is 36.2 Å². The molecule has 2 aliphatic carbocycles. The van der Waals surface area contributed by atoms with Crippen LogP contribution >= 0.6 is 12.3 Å². The van der Waals surface area contributed by atoms with Crippen LogP contribution in [0.5, 0.6) is 11.5 Å². The minimum absolute atomic E-state index is 0.0106. The van der Waals surface area contributed by atoms with Crippen LogP contribution < -0.4 is 19.3 Å². The zero-order chi connectivity index (χ0) is 64.5. The molecule has 6 aromatic carbocycles. The monoisotopic (exact) mass is 1290 g/mol. The largest absolute Gasteiger partial charge is 0.550 e. The van der Waals surface area contributed by atoms with Gasteiger partial charge in [-0.05, 0) is 127 Å². The third-order valence-electron chi connectivity index (χ3n) is 18.3. The van der Waals surface area contributed by atoms with E-state index in [-0.39, 0.29) is 48.6 Å². The molecule has 6 aromatic rings. The van der Waals surface area contributed by atoms with E-state index >= 15 is 0 Å². The van der Waals surface area contributed by atoms with Crippen LogP contribution in [-0.2, 0) is 48.8 Å². The molecular weight excluding hydrogens is 1200 g/mol. The average Bonchev–Trinajstić information content (AvgIpc) is 1.56. The summed E-state index contributed by atoms with van der Waals surface area (Å²) in [6.45, 7) is 20.5. The first kappa shape index (κ1) is 69.5. The van der Waals surface area contributed by atoms with Crippen LogP contribution in [0.2, 0.25) is 0 Å². The summed E-state index contributed by atoms with van der Waals surface area (Å²) >= 11 is 0.0106. The first-order chi connectivity index (χ1) is 42.9. The summed E-state index contributed by atoms with van der Waals surface area (Å²) in [7, 11) is -6.48. The normalized spacial score (nSPS) is 17.2. The maximum atomic E-state index is 13.2. The van der Waals surface area contributed by atoms with Crippen LogP contribution in [0.4, 0.5) is 26.3 Å². The summed E-state index contributed by atoms with van der Waals surface area (Å²) in [5.41, 5.74) is 5.25. The highest BCUT2D eigenvalue weighted by atomic mass is 32.2. The van der Waals surface area contributed by atoms with E-state index in [0.29, 0.717) is 44.8 Å². The highest BCUT2D eigenvalue weighted by Crippen LogP contribution is 2.59. The Morgan fingerprint density at radius 1 is 0.478 bits per heavy atom. The van der Waals surface area contributed by atoms with E-state index in [1.807, 2.05) is 12.1 Å². The highest BCUT2D eigenvalue weighted by molar-refractivity contribution is 7.90. The van der Waals surface area contributed by atoms with Gasteiger partial charge in [-0.2, -0.15) is 21.6 Å². The van der Waals surface area contributed by atoms with Crippen molar-refractivity contribution in [2.45, 2.75) is 207 Å². The number of alkyl halides is 6. The van der Waals surface area contributed by atoms with Gasteiger partial charge in [-0.25, -0.2) is 0 Å². The number of halogens is 6. The highest BCUT2D eigenvalue weighted by Gasteiger charge is 2.50. The molecule has 0 amide bonds. The topological polar surface area (TPSA) is 108 Å². The molecule has 10 rings (SSSR count). The molecule has 0 radical (unpaired) electrons. The van der Waals surface area contributed by atoms with Crippen LogP contribution in [0.1, 0.15) is 206 Å². The van der Waals surface area contributed by atoms with Crippen molar-refractivity contribution in [3.05, 3.63) is 119 Å². The van der Waals surface area contributed by atoms with Gasteiger partial charge in [-0.15, -0.1) is 22.4 Å². The number of unbranched alkanes of at least 4 members (excludes halogenated alkanes) is 12. The maximum absolute atomic E-state index is 13.2. The van der Waals surface area contributed by atoms with Crippen LogP contribution in [0.15, 0.2) is 97.1 Å². The molecule has 2 saturated heterocycles. The fraction of sp³-hybridized carbons (Fsp3) is 0.543. The Morgan fingerprint density at radius 3 is 1.33 bits per heavy atom. The predicted octanol–water partition coefficient (Wildman–Crippen LogP) is 19.3. The number of fused-ring (bicyclic) bond motifs is 10. The Hall–Kier alpha value is -4.79. The second-order valence-electron chi connectivity index (χ2n) is 26.7. The second kappa shape index (κ2) is 29.7. The zero-order valence-electron chi connectivity index (χ0n) is 53.5. The molecule has 0 aromatic heterocycles. The van der Waals surface area contributed by atoms with Crippen LogP contribution in [0.3, 0.4) is 0 Å². The quantitative estimate of drug-likeness (QED) is 0.00685. The Balaban J connectivity index is 0.000000213. The molecule has 10 nitrogen and oxygen atoms in total. The molecule has 0 unspecified atom stereocenters. The lowest BCUT2D eigenvalue weighted by Gasteiger charge is -2.35. The molecular formula is C70H88B2F6O10S2. The van der Waals surface area contributed by atoms with E-state index in [0.717, 1.165) is 89.8 Å². The SMILES string of the molecule is CCCCCCC1(CCCCCC)c2cc(B3OCC(C)(C)CO3)ccc2-c2ccc3cc(B4OCC(C)(C)CO4)ccc3c21.CCCCCCC1(CCCCCC)c2cc(OS(=O)(=O)C(F)(F)F)ccc2-c2ccc3cc(OSOOC(F)(F)F)ccc3c21. The van der Waals surface area contributed by atoms with Gasteiger partial charge in [0.05, 0.1) is 0 Å². The first-order valence-electron chi connectivity index (χ1n) is 32.6. The van der Waals surface area contributed by atoms with Gasteiger partial charge in [-0.1, -0.05) is 231 Å². The fourth-order valence-corrected chi connectivity index (χ4v) is 14.7. The molecule has 90 heavy (non-hydrogen) atoms. The smallest absolute Gasteiger partial charge is 0.407 e. The van der Waals surface area contributed by atoms with Crippen LogP contribution in [0.25, 0.3) is 43.8 Å². The molecule has 20 heteroatoms. The van der Waals surface area contributed by atoms with E-state index < -0.39 is 33.2 Å². The molecule has 2 fully saturated rings. The van der Waals surface area contributed by atoms with E-state index in [1.54, 1.807) is 24.3 Å². The molecule has 0 atom stereocenters. The van der Waals surface area contributed by atoms with Crippen LogP contribution in [-0.4, -0.2) is 61.0 Å². The Morgan fingerprint density at radius 2 is 0.878 bits per heavy atom. The van der Waals surface area contributed by atoms with Crippen molar-refractivity contribution in [1.82, 2.24) is 0 Å². The summed E-state index contributed by atoms with van der Waals surface area (Å²) in [5, 5.41) is 4.22. The number of benzene rings is 6. The number of rotatable bonds is 28. The van der Waals surface area contributed by atoms with Gasteiger partial charge in [0.25, 0.3) is 12.3 Å². The predicted molar refractivity (Wildman–Crippen MR) is 350 cm³/mol. The van der Waals surface area contributed by atoms with Crippen molar-refractivity contribution >= 4 is 69.1 Å². The maximum Gasteiger partial charge on any atom is 0.550 e. The lowest BCUT2D eigenvalue weighted by Crippen LogP contribution is -2.47. The lowest BCUT2D eigenvalue weighted by atomic mass is 9.67. The van der Waals surface area contributed by atoms with Gasteiger partial charge < -0.3 is 27.0 Å². The number of hydrogen-bond acceptors (Lipinski definition) is 11. The van der Waals surface area contributed by atoms with Gasteiger partial charge in [0.2, 0.25) is 0 Å². The van der Waals surface area contributed by atoms with Gasteiger partial charge in [0, 0.05) is 48.1 Å². The fourth-order valence-electron chi connectivity index (χ4n) is 13.9. The first-order valence-corrected chi connectivity index (χ1v) is 34.6. The van der Waals surface area contributed by atoms with Gasteiger partial charge in [0.1, 0.15) is 11.5 Å². The van der Waals surface area contributed by atoms with E-state index in [1.165, 1.54) is 109 Å². The van der Waals surface area contributed by atoms with Crippen molar-refractivity contribution < 1.29 is 71.0 Å². The Kier molecular flexibility index (Phi) is 22.9. The van der Waals surface area contributed by atoms with Crippen molar-refractivity contribution in [3.8, 4) is 33.8 Å². The zero-order valence-corrected chi connectivity index (χ0v) is 55.2. The van der Waals surface area contributed by atoms with Crippen molar-refractivity contribution in [1.29, 1.82) is 0 Å². The van der Waals surface area contributed by atoms with Crippen molar-refractivity contribution in [2.75, 3.05) is 26.4 Å². The summed E-state index contributed by atoms with van der Waals surface area (Å²) in [6, 6.07) is 31.7. The van der Waals surface area contributed by atoms with Crippen molar-refractivity contribution in [3.63, 3.8) is 0 Å². The van der Waals surface area contributed by atoms with Crippen LogP contribution in [0, 0.1) is 10.8 Å².